The standard InChI is InChI=1S/C35H34N4O5/c1-8-19-15(3)22-12-24-17(5)21(10-11-28(40)41)32(38-24)30-31(35(43)44-7)34(42)29-18(6)25(39-33(29)30)14-27-20(9-2)16(4)23(37-27)13-26(19)36-22/h8,10-14,17,21,31,38,42H,1,9H2,2-7H3,(H,40,41)/b11-10+,24-12?,26-13?,27-14?,32-30?/t17-,21-,31-/m0/s1. The topological polar surface area (TPSA) is 133 Å². The monoisotopic (exact) mass is 590 g/mol. The number of allylic oxidation sites excluding steroid dienone is 11. The number of aliphatic hydroxyl groups excluding tert-OH is 1. The summed E-state index contributed by atoms with van der Waals surface area (Å²) in [4.78, 5) is 39.8. The molecule has 6 rings (SSSR count). The number of rotatable bonds is 5. The second kappa shape index (κ2) is 10.6. The summed E-state index contributed by atoms with van der Waals surface area (Å²) < 4.78 is 5.15. The van der Waals surface area contributed by atoms with Crippen LogP contribution < -0.4 is 5.32 Å². The number of aliphatic imine (C=N–C) groups is 3. The number of nitrogens with one attached hydrogen (secondary N) is 1. The van der Waals surface area contributed by atoms with Gasteiger partial charge in [0.2, 0.25) is 0 Å². The summed E-state index contributed by atoms with van der Waals surface area (Å²) in [5.74, 6) is -3.67. The molecule has 6 aliphatic rings. The van der Waals surface area contributed by atoms with E-state index in [0.717, 1.165) is 63.3 Å². The van der Waals surface area contributed by atoms with E-state index in [2.05, 4.69) is 25.7 Å². The van der Waals surface area contributed by atoms with E-state index >= 15 is 0 Å². The molecule has 3 atom stereocenters. The van der Waals surface area contributed by atoms with Crippen LogP contribution in [-0.4, -0.2) is 46.4 Å². The van der Waals surface area contributed by atoms with E-state index in [-0.39, 0.29) is 11.7 Å². The van der Waals surface area contributed by atoms with Gasteiger partial charge < -0.3 is 20.3 Å². The Balaban J connectivity index is 1.70. The molecule has 224 valence electrons. The lowest BCUT2D eigenvalue weighted by Gasteiger charge is -2.18. The Bertz CT molecular complexity index is 1860. The van der Waals surface area contributed by atoms with Crippen LogP contribution in [0.15, 0.2) is 131 Å². The third-order valence-electron chi connectivity index (χ3n) is 9.21. The summed E-state index contributed by atoms with van der Waals surface area (Å²) in [6.45, 7) is 14.0. The fourth-order valence-corrected chi connectivity index (χ4v) is 6.77. The van der Waals surface area contributed by atoms with Crippen LogP contribution in [0.1, 0.15) is 41.0 Å². The lowest BCUT2D eigenvalue weighted by Crippen LogP contribution is -2.24. The number of carbonyl (C=O) groups excluding carboxylic acids is 1. The number of esters is 1. The first-order valence-corrected chi connectivity index (χ1v) is 14.6. The molecule has 1 aliphatic carbocycles. The maximum atomic E-state index is 13.2. The normalized spacial score (nSPS) is 25.8. The maximum Gasteiger partial charge on any atom is 0.327 e. The molecule has 0 unspecified atom stereocenters. The number of nitrogens with zero attached hydrogens (tertiary/aromatic N) is 3. The Hall–Kier alpha value is -5.05. The predicted octanol–water partition coefficient (Wildman–Crippen LogP) is 5.88. The van der Waals surface area contributed by atoms with Crippen molar-refractivity contribution >= 4 is 29.1 Å². The molecule has 5 aliphatic heterocycles. The second-order valence-electron chi connectivity index (χ2n) is 11.5. The van der Waals surface area contributed by atoms with Crippen molar-refractivity contribution in [2.24, 2.45) is 32.7 Å². The van der Waals surface area contributed by atoms with Crippen LogP contribution in [0.3, 0.4) is 0 Å². The average molecular weight is 591 g/mol. The van der Waals surface area contributed by atoms with Crippen molar-refractivity contribution in [3.63, 3.8) is 0 Å². The zero-order chi connectivity index (χ0) is 31.6. The molecule has 9 nitrogen and oxygen atoms in total. The van der Waals surface area contributed by atoms with Gasteiger partial charge >= 0.3 is 11.9 Å². The molecule has 44 heavy (non-hydrogen) atoms. The SMILES string of the molecule is C=CC1=C(C)C2=NC1=CC1=NC(=CC3=C(C)C4=C(O)[C@@H](C(=O)OC)C(=C5NC(=C2)[C@@H](C)[C@@H]5/C=C/C(=O)O)C4=N3)C(CC)=C1C. The van der Waals surface area contributed by atoms with E-state index in [1.165, 1.54) is 7.11 Å². The van der Waals surface area contributed by atoms with Crippen molar-refractivity contribution in [1.29, 1.82) is 0 Å². The van der Waals surface area contributed by atoms with E-state index in [9.17, 15) is 19.8 Å². The number of fused-ring (bicyclic) bond motifs is 5. The molecular formula is C35H34N4O5. The average Bonchev–Trinajstić information content (AvgIpc) is 3.72. The number of carboxylic acids is 1. The second-order valence-corrected chi connectivity index (χ2v) is 11.5. The third kappa shape index (κ3) is 4.25. The van der Waals surface area contributed by atoms with E-state index in [1.807, 2.05) is 39.0 Å². The summed E-state index contributed by atoms with van der Waals surface area (Å²) >= 11 is 0. The molecule has 0 saturated carbocycles. The van der Waals surface area contributed by atoms with Crippen molar-refractivity contribution in [1.82, 2.24) is 5.32 Å². The van der Waals surface area contributed by atoms with Crippen LogP contribution in [0.4, 0.5) is 0 Å². The van der Waals surface area contributed by atoms with Crippen LogP contribution in [0.25, 0.3) is 0 Å². The summed E-state index contributed by atoms with van der Waals surface area (Å²) in [7, 11) is 1.28. The Kier molecular flexibility index (Phi) is 6.99. The van der Waals surface area contributed by atoms with E-state index < -0.39 is 23.8 Å². The highest BCUT2D eigenvalue weighted by atomic mass is 16.5. The maximum absolute atomic E-state index is 13.2. The summed E-state index contributed by atoms with van der Waals surface area (Å²) in [5.41, 5.74) is 11.2. The molecule has 3 N–H and O–H groups in total. The quantitative estimate of drug-likeness (QED) is 0.270. The Morgan fingerprint density at radius 3 is 2.41 bits per heavy atom. The van der Waals surface area contributed by atoms with Crippen LogP contribution >= 0.6 is 0 Å². The Morgan fingerprint density at radius 2 is 1.75 bits per heavy atom. The molecule has 0 spiro atoms. The summed E-state index contributed by atoms with van der Waals surface area (Å²) in [6, 6.07) is 0. The fraction of sp³-hybridized carbons (Fsp3) is 0.286. The van der Waals surface area contributed by atoms with Gasteiger partial charge in [-0.15, -0.1) is 0 Å². The van der Waals surface area contributed by atoms with E-state index in [1.54, 1.807) is 12.2 Å². The van der Waals surface area contributed by atoms with E-state index in [4.69, 9.17) is 19.7 Å². The summed E-state index contributed by atoms with van der Waals surface area (Å²) in [6.07, 6.45) is 11.1. The number of hydrogen-bond donors (Lipinski definition) is 3. The molecule has 9 heteroatoms. The molecule has 0 aromatic rings. The fourth-order valence-electron chi connectivity index (χ4n) is 6.77. The van der Waals surface area contributed by atoms with Gasteiger partial charge in [0, 0.05) is 46.0 Å². The number of aliphatic carboxylic acids is 1. The van der Waals surface area contributed by atoms with Gasteiger partial charge in [-0.3, -0.25) is 4.79 Å². The highest BCUT2D eigenvalue weighted by Crippen LogP contribution is 2.48. The molecule has 0 aromatic heterocycles. The number of aliphatic hydroxyl groups is 1. The largest absolute Gasteiger partial charge is 0.510 e. The lowest BCUT2D eigenvalue weighted by atomic mass is 9.87. The third-order valence-corrected chi connectivity index (χ3v) is 9.21. The molecule has 5 heterocycles. The molecule has 0 amide bonds. The van der Waals surface area contributed by atoms with Crippen LogP contribution in [0.2, 0.25) is 0 Å². The number of ether oxygens (including phenoxy) is 1. The van der Waals surface area contributed by atoms with Crippen molar-refractivity contribution in [2.45, 2.75) is 41.0 Å². The Morgan fingerprint density at radius 1 is 1.05 bits per heavy atom. The number of hydrogen-bond acceptors (Lipinski definition) is 8. The minimum atomic E-state index is -1.12. The molecule has 1 fully saturated rings. The van der Waals surface area contributed by atoms with Crippen molar-refractivity contribution in [3.05, 3.63) is 116 Å². The zero-order valence-corrected chi connectivity index (χ0v) is 25.6. The number of carbonyl (C=O) groups is 2. The molecule has 8 bridgehead atoms. The van der Waals surface area contributed by atoms with Gasteiger partial charge in [0.25, 0.3) is 0 Å². The van der Waals surface area contributed by atoms with Gasteiger partial charge in [-0.2, -0.15) is 0 Å². The lowest BCUT2D eigenvalue weighted by molar-refractivity contribution is -0.143. The van der Waals surface area contributed by atoms with Gasteiger partial charge in [0.15, 0.2) is 0 Å². The summed E-state index contributed by atoms with van der Waals surface area (Å²) in [5, 5.41) is 24.6. The van der Waals surface area contributed by atoms with Gasteiger partial charge in [-0.25, -0.2) is 19.8 Å². The van der Waals surface area contributed by atoms with E-state index in [0.29, 0.717) is 33.8 Å². The van der Waals surface area contributed by atoms with Gasteiger partial charge in [-0.05, 0) is 67.7 Å². The van der Waals surface area contributed by atoms with Crippen molar-refractivity contribution in [2.75, 3.05) is 7.11 Å². The van der Waals surface area contributed by atoms with Crippen LogP contribution in [0.5, 0.6) is 0 Å². The first kappa shape index (κ1) is 29.0. The Labute approximate surface area is 255 Å². The van der Waals surface area contributed by atoms with Gasteiger partial charge in [0.1, 0.15) is 11.7 Å². The highest BCUT2D eigenvalue weighted by Gasteiger charge is 2.48. The first-order chi connectivity index (χ1) is 21.0. The number of methoxy groups -OCH3 is 1. The van der Waals surface area contributed by atoms with Crippen molar-refractivity contribution in [3.8, 4) is 0 Å². The minimum Gasteiger partial charge on any atom is -0.510 e. The molecule has 0 radical (unpaired) electrons. The van der Waals surface area contributed by atoms with Gasteiger partial charge in [-0.1, -0.05) is 32.6 Å². The van der Waals surface area contributed by atoms with Crippen LogP contribution in [0, 0.1) is 17.8 Å². The highest BCUT2D eigenvalue weighted by molar-refractivity contribution is 6.24. The molecular weight excluding hydrogens is 556 g/mol. The molecule has 0 aromatic carbocycles. The van der Waals surface area contributed by atoms with Gasteiger partial charge in [0.05, 0.1) is 41.3 Å². The molecule has 1 saturated heterocycles. The number of carboxylic acid groups (broad SMARTS) is 1. The zero-order valence-electron chi connectivity index (χ0n) is 25.6. The first-order valence-electron chi connectivity index (χ1n) is 14.6. The van der Waals surface area contributed by atoms with Crippen molar-refractivity contribution < 1.29 is 24.5 Å². The van der Waals surface area contributed by atoms with Crippen LogP contribution in [-0.2, 0) is 14.3 Å². The predicted molar refractivity (Wildman–Crippen MR) is 170 cm³/mol. The smallest absolute Gasteiger partial charge is 0.327 e. The minimum absolute atomic E-state index is 0.141.